The fraction of sp³-hybridized carbons (Fsp3) is 0.350. The summed E-state index contributed by atoms with van der Waals surface area (Å²) >= 11 is 0. The van der Waals surface area contributed by atoms with Crippen LogP contribution in [0.1, 0.15) is 15.9 Å². The summed E-state index contributed by atoms with van der Waals surface area (Å²) in [4.78, 5) is 14.6. The van der Waals surface area contributed by atoms with Gasteiger partial charge in [0.15, 0.2) is 5.78 Å². The van der Waals surface area contributed by atoms with Gasteiger partial charge in [0.2, 0.25) is 0 Å². The Hall–Kier alpha value is -2.17. The minimum Gasteiger partial charge on any atom is -0.492 e. The minimum absolute atomic E-state index is 0.126. The van der Waals surface area contributed by atoms with Gasteiger partial charge in [-0.2, -0.15) is 0 Å². The first kappa shape index (κ1) is 16.7. The van der Waals surface area contributed by atoms with Gasteiger partial charge in [-0.1, -0.05) is 30.3 Å². The molecule has 0 atom stereocenters. The summed E-state index contributed by atoms with van der Waals surface area (Å²) < 4.78 is 11.1. The number of ketones is 1. The van der Waals surface area contributed by atoms with Crippen molar-refractivity contribution < 1.29 is 14.3 Å². The third-order valence-corrected chi connectivity index (χ3v) is 4.16. The Bertz CT molecular complexity index is 634. The molecule has 2 aromatic carbocycles. The van der Waals surface area contributed by atoms with Gasteiger partial charge in [-0.05, 0) is 29.8 Å². The van der Waals surface area contributed by atoms with Crippen LogP contribution in [-0.2, 0) is 11.2 Å². The van der Waals surface area contributed by atoms with Gasteiger partial charge < -0.3 is 9.47 Å². The van der Waals surface area contributed by atoms with Gasteiger partial charge in [0.05, 0.1) is 13.2 Å². The molecule has 0 saturated carbocycles. The van der Waals surface area contributed by atoms with Crippen LogP contribution >= 0.6 is 0 Å². The summed E-state index contributed by atoms with van der Waals surface area (Å²) in [6.07, 6.45) is 0.429. The lowest BCUT2D eigenvalue weighted by Crippen LogP contribution is -2.38. The molecule has 0 radical (unpaired) electrons. The predicted octanol–water partition coefficient (Wildman–Crippen LogP) is 2.82. The van der Waals surface area contributed by atoms with E-state index in [4.69, 9.17) is 9.47 Å². The van der Waals surface area contributed by atoms with Gasteiger partial charge >= 0.3 is 0 Å². The Balaban J connectivity index is 1.47. The molecule has 1 saturated heterocycles. The number of rotatable bonds is 7. The zero-order valence-corrected chi connectivity index (χ0v) is 13.8. The highest BCUT2D eigenvalue weighted by Crippen LogP contribution is 2.14. The Morgan fingerprint density at radius 2 is 1.71 bits per heavy atom. The van der Waals surface area contributed by atoms with Crippen LogP contribution in [0.4, 0.5) is 0 Å². The van der Waals surface area contributed by atoms with Crippen molar-refractivity contribution in [3.05, 3.63) is 65.7 Å². The van der Waals surface area contributed by atoms with E-state index >= 15 is 0 Å². The fourth-order valence-electron chi connectivity index (χ4n) is 2.74. The number of nitrogens with zero attached hydrogens (tertiary/aromatic N) is 1. The van der Waals surface area contributed by atoms with Crippen molar-refractivity contribution in [2.45, 2.75) is 6.42 Å². The molecule has 2 aromatic rings. The molecule has 1 fully saturated rings. The van der Waals surface area contributed by atoms with E-state index in [9.17, 15) is 4.79 Å². The van der Waals surface area contributed by atoms with Crippen molar-refractivity contribution in [3.63, 3.8) is 0 Å². The second-order valence-electron chi connectivity index (χ2n) is 5.91. The molecule has 4 nitrogen and oxygen atoms in total. The zero-order valence-electron chi connectivity index (χ0n) is 13.8. The fourth-order valence-corrected chi connectivity index (χ4v) is 2.74. The Morgan fingerprint density at radius 1 is 1.00 bits per heavy atom. The summed E-state index contributed by atoms with van der Waals surface area (Å²) in [5.74, 6) is 0.931. The van der Waals surface area contributed by atoms with Crippen molar-refractivity contribution in [1.82, 2.24) is 4.90 Å². The molecule has 0 aliphatic carbocycles. The lowest BCUT2D eigenvalue weighted by Gasteiger charge is -2.26. The summed E-state index contributed by atoms with van der Waals surface area (Å²) in [6, 6.07) is 17.2. The van der Waals surface area contributed by atoms with Crippen LogP contribution in [0.2, 0.25) is 0 Å². The molecule has 24 heavy (non-hydrogen) atoms. The third-order valence-electron chi connectivity index (χ3n) is 4.16. The van der Waals surface area contributed by atoms with Gasteiger partial charge in [-0.25, -0.2) is 0 Å². The average molecular weight is 325 g/mol. The van der Waals surface area contributed by atoms with Crippen molar-refractivity contribution in [2.75, 3.05) is 39.5 Å². The standard InChI is InChI=1S/C20H23NO3/c22-20(16-17-4-2-1-3-5-17)18-6-8-19(9-7-18)24-15-12-21-10-13-23-14-11-21/h1-9H,10-16H2. The second-order valence-corrected chi connectivity index (χ2v) is 5.91. The summed E-state index contributed by atoms with van der Waals surface area (Å²) in [6.45, 7) is 5.10. The molecule has 0 aromatic heterocycles. The van der Waals surface area contributed by atoms with E-state index < -0.39 is 0 Å². The number of ether oxygens (including phenoxy) is 2. The molecule has 0 spiro atoms. The number of hydrogen-bond donors (Lipinski definition) is 0. The van der Waals surface area contributed by atoms with Crippen LogP contribution in [-0.4, -0.2) is 50.1 Å². The van der Waals surface area contributed by atoms with Gasteiger partial charge in [0.1, 0.15) is 12.4 Å². The minimum atomic E-state index is 0.126. The van der Waals surface area contributed by atoms with Crippen LogP contribution in [0.5, 0.6) is 5.75 Å². The third kappa shape index (κ3) is 4.91. The largest absolute Gasteiger partial charge is 0.492 e. The molecule has 1 aliphatic heterocycles. The molecule has 0 bridgehead atoms. The number of benzene rings is 2. The monoisotopic (exact) mass is 325 g/mol. The van der Waals surface area contributed by atoms with Crippen LogP contribution < -0.4 is 4.74 Å². The van der Waals surface area contributed by atoms with Crippen LogP contribution in [0, 0.1) is 0 Å². The topological polar surface area (TPSA) is 38.8 Å². The second kappa shape index (κ2) is 8.62. The van der Waals surface area contributed by atoms with Crippen LogP contribution in [0.15, 0.2) is 54.6 Å². The number of carbonyl (C=O) groups excluding carboxylic acids is 1. The highest BCUT2D eigenvalue weighted by molar-refractivity contribution is 5.97. The maximum Gasteiger partial charge on any atom is 0.167 e. The van der Waals surface area contributed by atoms with Crippen molar-refractivity contribution >= 4 is 5.78 Å². The first-order valence-electron chi connectivity index (χ1n) is 8.41. The van der Waals surface area contributed by atoms with Gasteiger partial charge in [-0.3, -0.25) is 9.69 Å². The zero-order chi connectivity index (χ0) is 16.6. The lowest BCUT2D eigenvalue weighted by atomic mass is 10.0. The van der Waals surface area contributed by atoms with E-state index in [-0.39, 0.29) is 5.78 Å². The molecule has 3 rings (SSSR count). The molecule has 0 amide bonds. The van der Waals surface area contributed by atoms with E-state index in [0.717, 1.165) is 49.7 Å². The molecule has 1 aliphatic rings. The maximum atomic E-state index is 12.3. The van der Waals surface area contributed by atoms with Gasteiger partial charge in [-0.15, -0.1) is 0 Å². The van der Waals surface area contributed by atoms with Crippen LogP contribution in [0.25, 0.3) is 0 Å². The summed E-state index contributed by atoms with van der Waals surface area (Å²) in [5.41, 5.74) is 1.76. The Kier molecular flexibility index (Phi) is 5.99. The quantitative estimate of drug-likeness (QED) is 0.734. The number of carbonyl (C=O) groups is 1. The molecule has 0 N–H and O–H groups in total. The number of morpholine rings is 1. The SMILES string of the molecule is O=C(Cc1ccccc1)c1ccc(OCCN2CCOCC2)cc1. The summed E-state index contributed by atoms with van der Waals surface area (Å²) in [7, 11) is 0. The van der Waals surface area contributed by atoms with E-state index in [1.54, 1.807) is 0 Å². The molecule has 4 heteroatoms. The molecular weight excluding hydrogens is 302 g/mol. The van der Waals surface area contributed by atoms with Gasteiger partial charge in [0.25, 0.3) is 0 Å². The highest BCUT2D eigenvalue weighted by Gasteiger charge is 2.10. The average Bonchev–Trinajstić information content (AvgIpc) is 2.64. The molecule has 126 valence electrons. The van der Waals surface area contributed by atoms with E-state index in [0.29, 0.717) is 13.0 Å². The molecular formula is C20H23NO3. The Labute approximate surface area is 143 Å². The molecule has 0 unspecified atom stereocenters. The highest BCUT2D eigenvalue weighted by atomic mass is 16.5. The van der Waals surface area contributed by atoms with E-state index in [1.807, 2.05) is 54.6 Å². The lowest BCUT2D eigenvalue weighted by molar-refractivity contribution is 0.0322. The molecule has 1 heterocycles. The van der Waals surface area contributed by atoms with Gasteiger partial charge in [0, 0.05) is 31.6 Å². The maximum absolute atomic E-state index is 12.3. The van der Waals surface area contributed by atoms with Crippen molar-refractivity contribution in [1.29, 1.82) is 0 Å². The smallest absolute Gasteiger partial charge is 0.167 e. The van der Waals surface area contributed by atoms with E-state index in [2.05, 4.69) is 4.90 Å². The van der Waals surface area contributed by atoms with Crippen molar-refractivity contribution in [3.8, 4) is 5.75 Å². The number of Topliss-reactive ketones (excluding diaryl/α,β-unsaturated/α-hetero) is 1. The number of hydrogen-bond acceptors (Lipinski definition) is 4. The summed E-state index contributed by atoms with van der Waals surface area (Å²) in [5, 5.41) is 0. The Morgan fingerprint density at radius 3 is 2.42 bits per heavy atom. The first-order chi connectivity index (χ1) is 11.8. The normalized spacial score (nSPS) is 15.2. The predicted molar refractivity (Wildman–Crippen MR) is 93.7 cm³/mol. The van der Waals surface area contributed by atoms with E-state index in [1.165, 1.54) is 0 Å². The van der Waals surface area contributed by atoms with Crippen molar-refractivity contribution in [2.24, 2.45) is 0 Å². The first-order valence-corrected chi connectivity index (χ1v) is 8.41. The van der Waals surface area contributed by atoms with Crippen LogP contribution in [0.3, 0.4) is 0 Å².